The van der Waals surface area contributed by atoms with Crippen molar-refractivity contribution in [1.82, 2.24) is 0 Å². The molecule has 0 spiro atoms. The van der Waals surface area contributed by atoms with E-state index in [9.17, 15) is 9.90 Å². The van der Waals surface area contributed by atoms with Gasteiger partial charge in [-0.1, -0.05) is 58.0 Å². The van der Waals surface area contributed by atoms with Gasteiger partial charge < -0.3 is 9.84 Å². The van der Waals surface area contributed by atoms with Crippen molar-refractivity contribution in [3.63, 3.8) is 0 Å². The molecule has 4 heteroatoms. The number of benzene rings is 2. The molecule has 0 saturated heterocycles. The van der Waals surface area contributed by atoms with Crippen LogP contribution in [0.3, 0.4) is 0 Å². The fraction of sp³-hybridized carbons (Fsp3) is 0.421. The molecule has 1 amide bonds. The molecule has 0 atom stereocenters. The molecule has 23 heavy (non-hydrogen) atoms. The van der Waals surface area contributed by atoms with Crippen LogP contribution in [0.5, 0.6) is 5.75 Å². The molecule has 2 rings (SSSR count). The van der Waals surface area contributed by atoms with Crippen molar-refractivity contribution in [2.24, 2.45) is 0 Å². The Hall–Kier alpha value is -2.23. The van der Waals surface area contributed by atoms with Gasteiger partial charge >= 0.3 is 6.09 Å². The first kappa shape index (κ1) is 20.8. The number of rotatable bonds is 1. The van der Waals surface area contributed by atoms with E-state index < -0.39 is 11.7 Å². The SMILES string of the molecule is CC.CC.CC(C)(C)OC(=O)Nc1ccc2ccccc2c1O. The fourth-order valence-corrected chi connectivity index (χ4v) is 1.77. The molecule has 4 nitrogen and oxygen atoms in total. The second kappa shape index (κ2) is 9.72. The van der Waals surface area contributed by atoms with Crippen molar-refractivity contribution in [2.45, 2.75) is 54.1 Å². The Balaban J connectivity index is 0.00000112. The number of ether oxygens (including phenoxy) is 1. The lowest BCUT2D eigenvalue weighted by atomic mass is 10.1. The molecular weight excluding hydrogens is 290 g/mol. The van der Waals surface area contributed by atoms with Gasteiger partial charge in [0.1, 0.15) is 11.4 Å². The van der Waals surface area contributed by atoms with E-state index in [1.165, 1.54) is 0 Å². The van der Waals surface area contributed by atoms with Gasteiger partial charge in [-0.15, -0.1) is 0 Å². The van der Waals surface area contributed by atoms with Gasteiger partial charge in [-0.2, -0.15) is 0 Å². The number of anilines is 1. The number of amides is 1. The van der Waals surface area contributed by atoms with Crippen molar-refractivity contribution < 1.29 is 14.6 Å². The molecule has 0 aliphatic heterocycles. The van der Waals surface area contributed by atoms with E-state index in [0.29, 0.717) is 11.1 Å². The third-order valence-corrected chi connectivity index (χ3v) is 2.54. The average molecular weight is 319 g/mol. The topological polar surface area (TPSA) is 58.6 Å². The van der Waals surface area contributed by atoms with E-state index in [2.05, 4.69) is 5.32 Å². The summed E-state index contributed by atoms with van der Waals surface area (Å²) in [6.07, 6.45) is -0.585. The van der Waals surface area contributed by atoms with Crippen molar-refractivity contribution in [1.29, 1.82) is 0 Å². The molecule has 0 aliphatic rings. The first-order chi connectivity index (χ1) is 10.9. The summed E-state index contributed by atoms with van der Waals surface area (Å²) in [5.74, 6) is 0.0453. The molecule has 0 aromatic heterocycles. The van der Waals surface area contributed by atoms with E-state index in [1.807, 2.05) is 52.0 Å². The van der Waals surface area contributed by atoms with E-state index >= 15 is 0 Å². The molecule has 0 radical (unpaired) electrons. The maximum absolute atomic E-state index is 11.7. The first-order valence-corrected chi connectivity index (χ1v) is 8.07. The Morgan fingerprint density at radius 3 is 2.13 bits per heavy atom. The highest BCUT2D eigenvalue weighted by molar-refractivity contribution is 5.97. The van der Waals surface area contributed by atoms with Crippen LogP contribution in [-0.4, -0.2) is 16.8 Å². The van der Waals surface area contributed by atoms with Gasteiger partial charge in [0.15, 0.2) is 0 Å². The summed E-state index contributed by atoms with van der Waals surface area (Å²) in [5, 5.41) is 14.3. The summed E-state index contributed by atoms with van der Waals surface area (Å²) in [6, 6.07) is 10.9. The molecule has 0 unspecified atom stereocenters. The lowest BCUT2D eigenvalue weighted by Crippen LogP contribution is -2.27. The van der Waals surface area contributed by atoms with Crippen LogP contribution >= 0.6 is 0 Å². The molecular formula is C19H29NO3. The lowest BCUT2D eigenvalue weighted by Gasteiger charge is -2.20. The zero-order valence-corrected chi connectivity index (χ0v) is 15.2. The number of hydrogen-bond donors (Lipinski definition) is 2. The molecule has 2 aromatic rings. The standard InChI is InChI=1S/C15H17NO3.2C2H6/c1-15(2,3)19-14(18)16-12-9-8-10-6-4-5-7-11(10)13(12)17;2*1-2/h4-9,17H,1-3H3,(H,16,18);2*1-2H3. The van der Waals surface area contributed by atoms with Gasteiger partial charge in [0.2, 0.25) is 0 Å². The summed E-state index contributed by atoms with van der Waals surface area (Å²) in [6.45, 7) is 13.4. The smallest absolute Gasteiger partial charge is 0.412 e. The zero-order chi connectivity index (χ0) is 18.0. The van der Waals surface area contributed by atoms with Crippen LogP contribution < -0.4 is 5.32 Å². The zero-order valence-electron chi connectivity index (χ0n) is 15.2. The number of phenolic OH excluding ortho intramolecular Hbond substituents is 1. The van der Waals surface area contributed by atoms with Crippen LogP contribution in [0.15, 0.2) is 36.4 Å². The minimum absolute atomic E-state index is 0.0453. The highest BCUT2D eigenvalue weighted by Crippen LogP contribution is 2.32. The number of hydrogen-bond acceptors (Lipinski definition) is 3. The third-order valence-electron chi connectivity index (χ3n) is 2.54. The van der Waals surface area contributed by atoms with Gasteiger partial charge in [-0.3, -0.25) is 5.32 Å². The summed E-state index contributed by atoms with van der Waals surface area (Å²) in [5.41, 5.74) is -0.232. The third kappa shape index (κ3) is 6.59. The first-order valence-electron chi connectivity index (χ1n) is 8.07. The van der Waals surface area contributed by atoms with Gasteiger partial charge in [-0.05, 0) is 32.2 Å². The van der Waals surface area contributed by atoms with Crippen LogP contribution in [0, 0.1) is 0 Å². The average Bonchev–Trinajstić information content (AvgIpc) is 2.52. The Morgan fingerprint density at radius 2 is 1.57 bits per heavy atom. The van der Waals surface area contributed by atoms with Gasteiger partial charge in [0.25, 0.3) is 0 Å². The lowest BCUT2D eigenvalue weighted by molar-refractivity contribution is 0.0635. The van der Waals surface area contributed by atoms with E-state index in [0.717, 1.165) is 5.39 Å². The maximum atomic E-state index is 11.7. The van der Waals surface area contributed by atoms with Gasteiger partial charge in [0.05, 0.1) is 5.69 Å². The Labute approximate surface area is 139 Å². The largest absolute Gasteiger partial charge is 0.505 e. The number of phenols is 1. The summed E-state index contributed by atoms with van der Waals surface area (Å²) >= 11 is 0. The summed E-state index contributed by atoms with van der Waals surface area (Å²) in [4.78, 5) is 11.7. The van der Waals surface area contributed by atoms with Crippen LogP contribution in [-0.2, 0) is 4.74 Å². The molecule has 0 bridgehead atoms. The van der Waals surface area contributed by atoms with Crippen molar-refractivity contribution in [2.75, 3.05) is 5.32 Å². The van der Waals surface area contributed by atoms with E-state index in [-0.39, 0.29) is 5.75 Å². The molecule has 0 heterocycles. The fourth-order valence-electron chi connectivity index (χ4n) is 1.77. The molecule has 0 fully saturated rings. The second-order valence-corrected chi connectivity index (χ2v) is 5.31. The minimum Gasteiger partial charge on any atom is -0.505 e. The number of carbonyl (C=O) groups is 1. The molecule has 128 valence electrons. The molecule has 0 saturated carbocycles. The van der Waals surface area contributed by atoms with Crippen molar-refractivity contribution in [3.8, 4) is 5.75 Å². The molecule has 2 N–H and O–H groups in total. The number of nitrogens with one attached hydrogen (secondary N) is 1. The quantitative estimate of drug-likeness (QED) is 0.639. The highest BCUT2D eigenvalue weighted by Gasteiger charge is 2.17. The van der Waals surface area contributed by atoms with Crippen LogP contribution in [0.4, 0.5) is 10.5 Å². The predicted molar refractivity (Wildman–Crippen MR) is 98.2 cm³/mol. The predicted octanol–water partition coefficient (Wildman–Crippen LogP) is 5.94. The maximum Gasteiger partial charge on any atom is 0.412 e. The minimum atomic E-state index is -0.585. The molecule has 0 aliphatic carbocycles. The Bertz CT molecular complexity index is 616. The number of carbonyl (C=O) groups excluding carboxylic acids is 1. The molecule has 2 aromatic carbocycles. The van der Waals surface area contributed by atoms with Crippen molar-refractivity contribution >= 4 is 22.6 Å². The van der Waals surface area contributed by atoms with Crippen LogP contribution in [0.25, 0.3) is 10.8 Å². The van der Waals surface area contributed by atoms with Gasteiger partial charge in [-0.25, -0.2) is 4.79 Å². The monoisotopic (exact) mass is 319 g/mol. The highest BCUT2D eigenvalue weighted by atomic mass is 16.6. The summed E-state index contributed by atoms with van der Waals surface area (Å²) < 4.78 is 5.15. The second-order valence-electron chi connectivity index (χ2n) is 5.31. The summed E-state index contributed by atoms with van der Waals surface area (Å²) in [7, 11) is 0. The number of aromatic hydroxyl groups is 1. The normalized spacial score (nSPS) is 9.87. The van der Waals surface area contributed by atoms with E-state index in [1.54, 1.807) is 32.9 Å². The van der Waals surface area contributed by atoms with Gasteiger partial charge in [0, 0.05) is 5.39 Å². The Morgan fingerprint density at radius 1 is 1.00 bits per heavy atom. The van der Waals surface area contributed by atoms with Crippen molar-refractivity contribution in [3.05, 3.63) is 36.4 Å². The van der Waals surface area contributed by atoms with Crippen LogP contribution in [0.2, 0.25) is 0 Å². The van der Waals surface area contributed by atoms with E-state index in [4.69, 9.17) is 4.74 Å². The van der Waals surface area contributed by atoms with Crippen LogP contribution in [0.1, 0.15) is 48.5 Å². The number of fused-ring (bicyclic) bond motifs is 1. The Kier molecular flexibility index (Phi) is 8.78.